The number of hydrogen-bond donors (Lipinski definition) is 1. The number of nitrogens with one attached hydrogen (secondary N) is 1. The van der Waals surface area contributed by atoms with Gasteiger partial charge in [-0.25, -0.2) is 8.42 Å². The standard InChI is InChI=1S/C13H20N2O3S/c1-11-5-4-6-13(9-11)10-15(19(3,17)18)8-7-14-12(2)16/h4-6,9H,7-8,10H2,1-3H3,(H,14,16). The maximum Gasteiger partial charge on any atom is 0.216 e. The van der Waals surface area contributed by atoms with Crippen LogP contribution in [0.15, 0.2) is 24.3 Å². The minimum absolute atomic E-state index is 0.163. The van der Waals surface area contributed by atoms with Gasteiger partial charge in [0.2, 0.25) is 15.9 Å². The van der Waals surface area contributed by atoms with Crippen LogP contribution in [0.2, 0.25) is 0 Å². The summed E-state index contributed by atoms with van der Waals surface area (Å²) in [6, 6.07) is 7.71. The van der Waals surface area contributed by atoms with E-state index in [0.29, 0.717) is 13.1 Å². The van der Waals surface area contributed by atoms with Crippen LogP contribution in [0.1, 0.15) is 18.1 Å². The zero-order valence-electron chi connectivity index (χ0n) is 11.5. The Labute approximate surface area is 114 Å². The Morgan fingerprint density at radius 2 is 2.05 bits per heavy atom. The Morgan fingerprint density at radius 1 is 1.37 bits per heavy atom. The number of carbonyl (C=O) groups is 1. The van der Waals surface area contributed by atoms with E-state index in [4.69, 9.17) is 0 Å². The number of rotatable bonds is 6. The number of nitrogens with zero attached hydrogens (tertiary/aromatic N) is 1. The quantitative estimate of drug-likeness (QED) is 0.843. The molecule has 106 valence electrons. The highest BCUT2D eigenvalue weighted by Crippen LogP contribution is 2.10. The van der Waals surface area contributed by atoms with Crippen molar-refractivity contribution in [3.63, 3.8) is 0 Å². The van der Waals surface area contributed by atoms with Crippen molar-refractivity contribution in [1.82, 2.24) is 9.62 Å². The van der Waals surface area contributed by atoms with Crippen molar-refractivity contribution in [3.05, 3.63) is 35.4 Å². The fourth-order valence-corrected chi connectivity index (χ4v) is 2.54. The van der Waals surface area contributed by atoms with Crippen molar-refractivity contribution in [1.29, 1.82) is 0 Å². The molecule has 0 spiro atoms. The molecule has 19 heavy (non-hydrogen) atoms. The van der Waals surface area contributed by atoms with Gasteiger partial charge in [-0.2, -0.15) is 4.31 Å². The van der Waals surface area contributed by atoms with Gasteiger partial charge in [0.1, 0.15) is 0 Å². The number of aryl methyl sites for hydroxylation is 1. The average Bonchev–Trinajstić information content (AvgIpc) is 2.26. The van der Waals surface area contributed by atoms with Gasteiger partial charge in [-0.05, 0) is 12.5 Å². The minimum atomic E-state index is -3.29. The first-order valence-corrected chi connectivity index (χ1v) is 7.89. The smallest absolute Gasteiger partial charge is 0.216 e. The Balaban J connectivity index is 2.73. The Hall–Kier alpha value is -1.40. The molecule has 0 aliphatic heterocycles. The van der Waals surface area contributed by atoms with Crippen LogP contribution in [0.25, 0.3) is 0 Å². The van der Waals surface area contributed by atoms with Crippen LogP contribution in [0.3, 0.4) is 0 Å². The van der Waals surface area contributed by atoms with E-state index in [-0.39, 0.29) is 12.5 Å². The van der Waals surface area contributed by atoms with Gasteiger partial charge in [0.25, 0.3) is 0 Å². The molecule has 0 heterocycles. The monoisotopic (exact) mass is 284 g/mol. The molecular formula is C13H20N2O3S. The second-order valence-electron chi connectivity index (χ2n) is 4.57. The third-order valence-electron chi connectivity index (χ3n) is 2.65. The number of sulfonamides is 1. The van der Waals surface area contributed by atoms with Gasteiger partial charge >= 0.3 is 0 Å². The highest BCUT2D eigenvalue weighted by Gasteiger charge is 2.16. The van der Waals surface area contributed by atoms with Crippen molar-refractivity contribution in [2.75, 3.05) is 19.3 Å². The second-order valence-corrected chi connectivity index (χ2v) is 6.55. The molecule has 1 N–H and O–H groups in total. The normalized spacial score (nSPS) is 11.6. The maximum absolute atomic E-state index is 11.7. The largest absolute Gasteiger partial charge is 0.355 e. The Kier molecular flexibility index (Phi) is 5.50. The van der Waals surface area contributed by atoms with E-state index < -0.39 is 10.0 Å². The average molecular weight is 284 g/mol. The van der Waals surface area contributed by atoms with E-state index in [1.165, 1.54) is 17.5 Å². The van der Waals surface area contributed by atoms with Crippen LogP contribution in [0.5, 0.6) is 0 Å². The summed E-state index contributed by atoms with van der Waals surface area (Å²) in [6.45, 7) is 4.28. The lowest BCUT2D eigenvalue weighted by Crippen LogP contribution is -2.37. The molecule has 0 saturated carbocycles. The summed E-state index contributed by atoms with van der Waals surface area (Å²) >= 11 is 0. The van der Waals surface area contributed by atoms with Gasteiger partial charge < -0.3 is 5.32 Å². The molecule has 0 bridgehead atoms. The molecule has 0 unspecified atom stereocenters. The summed E-state index contributed by atoms with van der Waals surface area (Å²) < 4.78 is 24.8. The van der Waals surface area contributed by atoms with Crippen molar-refractivity contribution in [3.8, 4) is 0 Å². The topological polar surface area (TPSA) is 66.5 Å². The lowest BCUT2D eigenvalue weighted by Gasteiger charge is -2.20. The number of carbonyl (C=O) groups excluding carboxylic acids is 1. The molecule has 1 aromatic rings. The van der Waals surface area contributed by atoms with Crippen LogP contribution < -0.4 is 5.32 Å². The summed E-state index contributed by atoms with van der Waals surface area (Å²) in [7, 11) is -3.29. The third-order valence-corrected chi connectivity index (χ3v) is 3.90. The van der Waals surface area contributed by atoms with E-state index in [2.05, 4.69) is 5.32 Å². The molecule has 0 radical (unpaired) electrons. The van der Waals surface area contributed by atoms with E-state index in [1.54, 1.807) is 0 Å². The SMILES string of the molecule is CC(=O)NCCN(Cc1cccc(C)c1)S(C)(=O)=O. The fraction of sp³-hybridized carbons (Fsp3) is 0.462. The van der Waals surface area contributed by atoms with Crippen LogP contribution in [-0.2, 0) is 21.4 Å². The maximum atomic E-state index is 11.7. The first-order valence-electron chi connectivity index (χ1n) is 6.04. The molecule has 1 amide bonds. The Morgan fingerprint density at radius 3 is 2.58 bits per heavy atom. The van der Waals surface area contributed by atoms with Crippen molar-refractivity contribution < 1.29 is 13.2 Å². The predicted molar refractivity (Wildman–Crippen MR) is 75.1 cm³/mol. The molecule has 1 aromatic carbocycles. The third kappa shape index (κ3) is 5.85. The van der Waals surface area contributed by atoms with E-state index >= 15 is 0 Å². The zero-order valence-corrected chi connectivity index (χ0v) is 12.3. The highest BCUT2D eigenvalue weighted by atomic mass is 32.2. The van der Waals surface area contributed by atoms with Crippen LogP contribution in [-0.4, -0.2) is 38.0 Å². The molecule has 6 heteroatoms. The first-order chi connectivity index (χ1) is 8.79. The summed E-state index contributed by atoms with van der Waals surface area (Å²) in [4.78, 5) is 10.8. The molecule has 5 nitrogen and oxygen atoms in total. The summed E-state index contributed by atoms with van der Waals surface area (Å²) in [5.41, 5.74) is 2.03. The van der Waals surface area contributed by atoms with Crippen LogP contribution >= 0.6 is 0 Å². The molecule has 0 aliphatic carbocycles. The molecule has 0 fully saturated rings. The molecule has 1 rings (SSSR count). The van der Waals surface area contributed by atoms with Gasteiger partial charge in [-0.3, -0.25) is 4.79 Å². The minimum Gasteiger partial charge on any atom is -0.355 e. The van der Waals surface area contributed by atoms with E-state index in [9.17, 15) is 13.2 Å². The van der Waals surface area contributed by atoms with Crippen LogP contribution in [0, 0.1) is 6.92 Å². The van der Waals surface area contributed by atoms with Crippen LogP contribution in [0.4, 0.5) is 0 Å². The second kappa shape index (κ2) is 6.68. The van der Waals surface area contributed by atoms with E-state index in [0.717, 1.165) is 11.1 Å². The number of benzene rings is 1. The van der Waals surface area contributed by atoms with Gasteiger partial charge in [-0.1, -0.05) is 29.8 Å². The van der Waals surface area contributed by atoms with Crippen molar-refractivity contribution in [2.45, 2.75) is 20.4 Å². The molecular weight excluding hydrogens is 264 g/mol. The zero-order chi connectivity index (χ0) is 14.5. The summed E-state index contributed by atoms with van der Waals surface area (Å²) in [5, 5.41) is 2.60. The van der Waals surface area contributed by atoms with E-state index in [1.807, 2.05) is 31.2 Å². The lowest BCUT2D eigenvalue weighted by molar-refractivity contribution is -0.118. The molecule has 0 aromatic heterocycles. The number of amides is 1. The molecule has 0 saturated heterocycles. The number of hydrogen-bond acceptors (Lipinski definition) is 3. The van der Waals surface area contributed by atoms with Gasteiger partial charge in [-0.15, -0.1) is 0 Å². The lowest BCUT2D eigenvalue weighted by atomic mass is 10.1. The summed E-state index contributed by atoms with van der Waals surface area (Å²) in [5.74, 6) is -0.163. The molecule has 0 atom stereocenters. The van der Waals surface area contributed by atoms with Crippen molar-refractivity contribution >= 4 is 15.9 Å². The summed E-state index contributed by atoms with van der Waals surface area (Å²) in [6.07, 6.45) is 1.18. The molecule has 0 aliphatic rings. The van der Waals surface area contributed by atoms with Gasteiger partial charge in [0.15, 0.2) is 0 Å². The van der Waals surface area contributed by atoms with Gasteiger partial charge in [0, 0.05) is 26.6 Å². The highest BCUT2D eigenvalue weighted by molar-refractivity contribution is 7.88. The van der Waals surface area contributed by atoms with Gasteiger partial charge in [0.05, 0.1) is 6.26 Å². The first kappa shape index (κ1) is 15.7. The fourth-order valence-electron chi connectivity index (χ4n) is 1.73. The van der Waals surface area contributed by atoms with Crippen molar-refractivity contribution in [2.24, 2.45) is 0 Å². The predicted octanol–water partition coefficient (Wildman–Crippen LogP) is 0.893. The Bertz CT molecular complexity index is 541.